The van der Waals surface area contributed by atoms with Crippen molar-refractivity contribution in [1.82, 2.24) is 0 Å². The average Bonchev–Trinajstić information content (AvgIpc) is 3.36. The molecule has 0 heterocycles. The number of anilines is 3. The van der Waals surface area contributed by atoms with Crippen molar-refractivity contribution in [1.29, 1.82) is 5.26 Å². The van der Waals surface area contributed by atoms with Gasteiger partial charge in [-0.25, -0.2) is 14.5 Å². The van der Waals surface area contributed by atoms with E-state index in [2.05, 4.69) is 14.6 Å². The predicted octanol–water partition coefficient (Wildman–Crippen LogP) is 8.17. The van der Waals surface area contributed by atoms with Crippen LogP contribution in [0.1, 0.15) is 71.1 Å². The fraction of sp³-hybridized carbons (Fsp3) is 0.385. The summed E-state index contributed by atoms with van der Waals surface area (Å²) in [6.07, 6.45) is 4.50. The Bertz CT molecular complexity index is 2400. The van der Waals surface area contributed by atoms with Gasteiger partial charge in [-0.15, -0.1) is 0 Å². The van der Waals surface area contributed by atoms with Crippen LogP contribution in [0.4, 0.5) is 17.1 Å². The van der Waals surface area contributed by atoms with Crippen LogP contribution in [-0.2, 0) is 47.7 Å². The molecule has 68 heavy (non-hydrogen) atoms. The minimum Gasteiger partial charge on any atom is -0.470 e. The van der Waals surface area contributed by atoms with Crippen molar-refractivity contribution in [3.8, 4) is 6.07 Å². The lowest BCUT2D eigenvalue weighted by Gasteiger charge is -2.28. The van der Waals surface area contributed by atoms with Gasteiger partial charge in [0.2, 0.25) is 0 Å². The second-order valence-electron chi connectivity index (χ2n) is 15.5. The van der Waals surface area contributed by atoms with Gasteiger partial charge < -0.3 is 38.4 Å². The van der Waals surface area contributed by atoms with Crippen LogP contribution in [0.15, 0.2) is 89.8 Å². The number of ether oxygens (including phenoxy) is 5. The van der Waals surface area contributed by atoms with E-state index in [0.29, 0.717) is 49.5 Å². The molecule has 0 aliphatic rings. The maximum Gasteiger partial charge on any atom is 0.348 e. The molecule has 0 bridgehead atoms. The molecule has 0 radical (unpaired) electrons. The molecule has 16 heteroatoms. The summed E-state index contributed by atoms with van der Waals surface area (Å²) in [7, 11) is 1.33. The Morgan fingerprint density at radius 2 is 0.941 bits per heavy atom. The zero-order valence-corrected chi connectivity index (χ0v) is 39.9. The lowest BCUT2D eigenvalue weighted by atomic mass is 9.94. The topological polar surface area (TPSA) is 174 Å². The summed E-state index contributed by atoms with van der Waals surface area (Å²) in [4.78, 5) is 76.6. The molecule has 16 nitrogen and oxygen atoms in total. The second kappa shape index (κ2) is 28.2. The summed E-state index contributed by atoms with van der Waals surface area (Å²) in [6.45, 7) is 29.2. The van der Waals surface area contributed by atoms with Gasteiger partial charge in [-0.1, -0.05) is 36.4 Å². The highest BCUT2D eigenvalue weighted by Crippen LogP contribution is 2.25. The Morgan fingerprint density at radius 1 is 0.574 bits per heavy atom. The first-order chi connectivity index (χ1) is 32.7. The van der Waals surface area contributed by atoms with Crippen molar-refractivity contribution in [2.24, 2.45) is 5.41 Å². The van der Waals surface area contributed by atoms with Crippen molar-refractivity contribution in [3.05, 3.63) is 129 Å². The number of benzene rings is 3. The quantitative estimate of drug-likeness (QED) is 0.0248. The van der Waals surface area contributed by atoms with E-state index in [-0.39, 0.29) is 41.7 Å². The first-order valence-corrected chi connectivity index (χ1v) is 22.3. The molecule has 0 aromatic heterocycles. The van der Waals surface area contributed by atoms with Crippen LogP contribution in [0.3, 0.4) is 0 Å². The number of methoxy groups -OCH3 is 1. The van der Waals surface area contributed by atoms with E-state index < -0.39 is 43.1 Å². The lowest BCUT2D eigenvalue weighted by Crippen LogP contribution is -2.37. The maximum atomic E-state index is 13.4. The zero-order valence-electron chi connectivity index (χ0n) is 39.9. The minimum absolute atomic E-state index is 0.200. The molecular formula is C52H60N6O10. The van der Waals surface area contributed by atoms with Gasteiger partial charge in [0.25, 0.3) is 11.4 Å². The molecule has 0 saturated heterocycles. The molecule has 1 atom stereocenters. The number of carbonyl (C=O) groups excluding carboxylic acids is 5. The molecule has 0 spiro atoms. The summed E-state index contributed by atoms with van der Waals surface area (Å²) >= 11 is 0. The summed E-state index contributed by atoms with van der Waals surface area (Å²) in [5.74, 6) is -3.61. The first kappa shape index (κ1) is 54.4. The van der Waals surface area contributed by atoms with Gasteiger partial charge in [0.15, 0.2) is 0 Å². The normalized spacial score (nSPS) is 12.2. The van der Waals surface area contributed by atoms with E-state index in [1.807, 2.05) is 55.7 Å². The third-order valence-electron chi connectivity index (χ3n) is 10.6. The fourth-order valence-electron chi connectivity index (χ4n) is 6.62. The van der Waals surface area contributed by atoms with E-state index in [0.717, 1.165) is 30.2 Å². The van der Waals surface area contributed by atoms with E-state index in [1.165, 1.54) is 32.3 Å². The number of nitriles is 1. The van der Waals surface area contributed by atoms with Crippen LogP contribution in [0.25, 0.3) is 27.9 Å². The van der Waals surface area contributed by atoms with Crippen LogP contribution in [0.5, 0.6) is 0 Å². The Kier molecular flexibility index (Phi) is 22.6. The van der Waals surface area contributed by atoms with Crippen molar-refractivity contribution in [2.45, 2.75) is 54.4 Å². The second-order valence-corrected chi connectivity index (χ2v) is 15.5. The van der Waals surface area contributed by atoms with E-state index >= 15 is 0 Å². The number of hydrogen-bond acceptors (Lipinski definition) is 14. The van der Waals surface area contributed by atoms with Crippen LogP contribution in [0.2, 0.25) is 0 Å². The first-order valence-electron chi connectivity index (χ1n) is 22.3. The summed E-state index contributed by atoms with van der Waals surface area (Å²) < 4.78 is 26.6. The van der Waals surface area contributed by atoms with Gasteiger partial charge in [0, 0.05) is 56.3 Å². The molecule has 0 amide bonds. The monoisotopic (exact) mass is 928 g/mol. The number of nitrogens with zero attached hydrogens (tertiary/aromatic N) is 6. The molecule has 3 aromatic rings. The smallest absolute Gasteiger partial charge is 0.348 e. The SMILES string of the molecule is [C-]#[N+]/C(=C\c1ccc(N(CC)CC)cc1)C(=O)OCC(C)(COC(=O)/C(=C/c1ccc(N(CC)CCC(=O)OC)cc1)[N+]#[C-])COC(=O)/C(C#N)=C/c1ccc(N(CC)CCC(=O)OCC)cc1. The predicted molar refractivity (Wildman–Crippen MR) is 260 cm³/mol. The van der Waals surface area contributed by atoms with Crippen LogP contribution in [-0.4, -0.2) is 103 Å². The van der Waals surface area contributed by atoms with Crippen molar-refractivity contribution >= 4 is 65.1 Å². The Morgan fingerprint density at radius 3 is 1.29 bits per heavy atom. The molecule has 358 valence electrons. The standard InChI is InChI=1S/C52H60N6O10/c1-10-56(11-2)42-21-17-39(18-22-42)32-45(54-7)50(62)67-36-52(6,37-68-51(63)46(55-8)33-40-19-25-44(26-20-40)57(12-3)29-27-47(59)64-9)35-66-49(61)41(34-53)31-38-15-23-43(24-16-38)58(13-4)30-28-48(60)65-14-5/h15-26,31-33H,10-14,27-30,35-37H2,1-6,9H3/b41-31+,45-32-,46-33-. The summed E-state index contributed by atoms with van der Waals surface area (Å²) in [6, 6.07) is 23.2. The van der Waals surface area contributed by atoms with E-state index in [1.54, 1.807) is 67.6 Å². The van der Waals surface area contributed by atoms with Crippen molar-refractivity contribution in [2.75, 3.05) is 87.5 Å². The largest absolute Gasteiger partial charge is 0.470 e. The molecule has 0 aliphatic carbocycles. The number of rotatable bonds is 26. The highest BCUT2D eigenvalue weighted by atomic mass is 16.6. The lowest BCUT2D eigenvalue weighted by molar-refractivity contribution is -0.155. The highest BCUT2D eigenvalue weighted by Gasteiger charge is 2.33. The third-order valence-corrected chi connectivity index (χ3v) is 10.6. The van der Waals surface area contributed by atoms with Crippen LogP contribution in [0, 0.1) is 29.9 Å². The van der Waals surface area contributed by atoms with Gasteiger partial charge in [-0.3, -0.25) is 19.2 Å². The van der Waals surface area contributed by atoms with Gasteiger partial charge in [-0.2, -0.15) is 5.26 Å². The Hall–Kier alpha value is -7.90. The Balaban J connectivity index is 1.84. The fourth-order valence-corrected chi connectivity index (χ4v) is 6.62. The van der Waals surface area contributed by atoms with Crippen molar-refractivity contribution < 1.29 is 47.7 Å². The van der Waals surface area contributed by atoms with Crippen LogP contribution < -0.4 is 14.7 Å². The minimum atomic E-state index is -1.43. The van der Waals surface area contributed by atoms with E-state index in [9.17, 15) is 29.2 Å². The molecular weight excluding hydrogens is 869 g/mol. The average molecular weight is 929 g/mol. The summed E-state index contributed by atoms with van der Waals surface area (Å²) in [5.41, 5.74) is 1.79. The Labute approximate surface area is 399 Å². The third kappa shape index (κ3) is 17.1. The van der Waals surface area contributed by atoms with Crippen molar-refractivity contribution in [3.63, 3.8) is 0 Å². The number of hydrogen-bond donors (Lipinski definition) is 0. The zero-order chi connectivity index (χ0) is 50.1. The molecule has 3 aromatic carbocycles. The van der Waals surface area contributed by atoms with E-state index in [4.69, 9.17) is 36.8 Å². The molecule has 0 N–H and O–H groups in total. The highest BCUT2D eigenvalue weighted by molar-refractivity contribution is 5.98. The molecule has 3 rings (SSSR count). The maximum absolute atomic E-state index is 13.4. The number of carbonyl (C=O) groups is 5. The van der Waals surface area contributed by atoms with Gasteiger partial charge in [0.1, 0.15) is 31.5 Å². The number of esters is 5. The molecule has 0 aliphatic heterocycles. The van der Waals surface area contributed by atoms with Crippen LogP contribution >= 0.6 is 0 Å². The van der Waals surface area contributed by atoms with Gasteiger partial charge in [0.05, 0.1) is 45.1 Å². The summed E-state index contributed by atoms with van der Waals surface area (Å²) in [5, 5.41) is 9.98. The van der Waals surface area contributed by atoms with Gasteiger partial charge in [-0.05, 0) is 113 Å². The molecule has 0 fully saturated rings. The molecule has 0 saturated carbocycles. The van der Waals surface area contributed by atoms with Gasteiger partial charge >= 0.3 is 29.8 Å². The molecule has 1 unspecified atom stereocenters.